The van der Waals surface area contributed by atoms with Gasteiger partial charge in [0.25, 0.3) is 0 Å². The number of allylic oxidation sites excluding steroid dienone is 1. The first-order valence-corrected chi connectivity index (χ1v) is 13.4. The van der Waals surface area contributed by atoms with E-state index < -0.39 is 17.6 Å². The van der Waals surface area contributed by atoms with Crippen molar-refractivity contribution in [2.45, 2.75) is 77.9 Å². The molecule has 1 aromatic carbocycles. The van der Waals surface area contributed by atoms with E-state index in [1.807, 2.05) is 0 Å². The van der Waals surface area contributed by atoms with E-state index in [2.05, 4.69) is 20.4 Å². The molecule has 1 N–H and O–H groups in total. The Kier molecular flexibility index (Phi) is 6.26. The lowest BCUT2D eigenvalue weighted by molar-refractivity contribution is -0.232. The highest BCUT2D eigenvalue weighted by Crippen LogP contribution is 2.72. The standard InChI is InChI=1S/C30H40O6/c1-18-15-30-16-21(18)8-11-23(30)28(3)13-12-26(36-27(33)20-6-9-22(34-5)10-7-20)29(4,17-35-19(2)31)24(28)14-25(30)32/h6-7,9-10,21,23-26,32H,1,8,11-17H2,2-5H3/t21-,23-,24+,25-,26+,28-,29+,30+/m0/s1. The first-order chi connectivity index (χ1) is 17.0. The summed E-state index contributed by atoms with van der Waals surface area (Å²) >= 11 is 0. The van der Waals surface area contributed by atoms with Crippen LogP contribution in [0.3, 0.4) is 0 Å². The molecule has 0 saturated heterocycles. The van der Waals surface area contributed by atoms with Crippen LogP contribution in [-0.2, 0) is 14.3 Å². The van der Waals surface area contributed by atoms with Gasteiger partial charge in [-0.1, -0.05) is 26.0 Å². The van der Waals surface area contributed by atoms with Crippen LogP contribution in [0.2, 0.25) is 0 Å². The number of rotatable bonds is 5. The Labute approximate surface area is 214 Å². The second-order valence-corrected chi connectivity index (χ2v) is 12.4. The van der Waals surface area contributed by atoms with Crippen LogP contribution in [0.15, 0.2) is 36.4 Å². The van der Waals surface area contributed by atoms with Gasteiger partial charge in [0, 0.05) is 17.8 Å². The molecule has 8 atom stereocenters. The molecule has 4 aliphatic rings. The van der Waals surface area contributed by atoms with Crippen LogP contribution < -0.4 is 4.74 Å². The number of hydrogen-bond acceptors (Lipinski definition) is 6. The number of carbonyl (C=O) groups excluding carboxylic acids is 2. The summed E-state index contributed by atoms with van der Waals surface area (Å²) in [5, 5.41) is 11.7. The van der Waals surface area contributed by atoms with Gasteiger partial charge in [-0.3, -0.25) is 4.79 Å². The number of ether oxygens (including phenoxy) is 3. The second-order valence-electron chi connectivity index (χ2n) is 12.4. The van der Waals surface area contributed by atoms with Gasteiger partial charge in [-0.25, -0.2) is 4.79 Å². The normalized spacial score (nSPS) is 41.1. The average molecular weight is 497 g/mol. The van der Waals surface area contributed by atoms with Crippen molar-refractivity contribution in [2.24, 2.45) is 34.0 Å². The number of methoxy groups -OCH3 is 1. The van der Waals surface area contributed by atoms with Crippen molar-refractivity contribution in [3.63, 3.8) is 0 Å². The van der Waals surface area contributed by atoms with Crippen LogP contribution >= 0.6 is 0 Å². The summed E-state index contributed by atoms with van der Waals surface area (Å²) in [4.78, 5) is 25.1. The van der Waals surface area contributed by atoms with Gasteiger partial charge in [-0.05, 0) is 92.4 Å². The lowest BCUT2D eigenvalue weighted by atomic mass is 9.40. The van der Waals surface area contributed by atoms with E-state index in [1.165, 1.54) is 12.5 Å². The van der Waals surface area contributed by atoms with Gasteiger partial charge >= 0.3 is 11.9 Å². The number of aliphatic hydroxyl groups is 1. The minimum atomic E-state index is -0.601. The van der Waals surface area contributed by atoms with Crippen molar-refractivity contribution in [1.82, 2.24) is 0 Å². The van der Waals surface area contributed by atoms with Crippen molar-refractivity contribution >= 4 is 11.9 Å². The SMILES string of the molecule is C=C1C[C@@]23C[C@@H]1CC[C@H]2[C@]1(C)CC[C@@H](OC(=O)c2ccc(OC)cc2)[C@](C)(COC(C)=O)[C@@H]1C[C@@H]3O. The second kappa shape index (κ2) is 8.90. The van der Waals surface area contributed by atoms with Crippen LogP contribution in [0.1, 0.15) is 76.1 Å². The summed E-state index contributed by atoms with van der Waals surface area (Å²) in [6, 6.07) is 6.90. The third-order valence-corrected chi connectivity index (χ3v) is 10.6. The van der Waals surface area contributed by atoms with E-state index in [0.717, 1.165) is 32.1 Å². The van der Waals surface area contributed by atoms with Gasteiger partial charge in [0.2, 0.25) is 0 Å². The molecule has 0 aromatic heterocycles. The molecular weight excluding hydrogens is 456 g/mol. The number of fused-ring (bicyclic) bond motifs is 3. The van der Waals surface area contributed by atoms with Crippen molar-refractivity contribution in [3.8, 4) is 5.75 Å². The van der Waals surface area contributed by atoms with E-state index in [0.29, 0.717) is 36.0 Å². The predicted molar refractivity (Wildman–Crippen MR) is 135 cm³/mol. The fourth-order valence-corrected chi connectivity index (χ4v) is 8.85. The first-order valence-electron chi connectivity index (χ1n) is 13.4. The van der Waals surface area contributed by atoms with Crippen LogP contribution in [0.5, 0.6) is 5.75 Å². The highest BCUT2D eigenvalue weighted by atomic mass is 16.6. The van der Waals surface area contributed by atoms with Gasteiger partial charge in [0.1, 0.15) is 18.5 Å². The number of hydrogen-bond donors (Lipinski definition) is 1. The lowest BCUT2D eigenvalue weighted by Crippen LogP contribution is -2.65. The highest BCUT2D eigenvalue weighted by molar-refractivity contribution is 5.89. The summed E-state index contributed by atoms with van der Waals surface area (Å²) in [6.07, 6.45) is 5.59. The minimum Gasteiger partial charge on any atom is -0.497 e. The molecule has 0 amide bonds. The summed E-state index contributed by atoms with van der Waals surface area (Å²) in [5.41, 5.74) is 1.04. The van der Waals surface area contributed by atoms with Gasteiger partial charge in [-0.15, -0.1) is 0 Å². The molecule has 5 rings (SSSR count). The van der Waals surface area contributed by atoms with E-state index >= 15 is 0 Å². The van der Waals surface area contributed by atoms with E-state index in [1.54, 1.807) is 31.4 Å². The smallest absolute Gasteiger partial charge is 0.338 e. The van der Waals surface area contributed by atoms with Gasteiger partial charge in [0.05, 0.1) is 18.8 Å². The molecule has 4 aliphatic carbocycles. The number of carbonyl (C=O) groups is 2. The molecule has 4 fully saturated rings. The van der Waals surface area contributed by atoms with Crippen molar-refractivity contribution in [3.05, 3.63) is 42.0 Å². The van der Waals surface area contributed by atoms with Gasteiger partial charge in [0.15, 0.2) is 0 Å². The Morgan fingerprint density at radius 2 is 1.83 bits per heavy atom. The summed E-state index contributed by atoms with van der Waals surface area (Å²) < 4.78 is 17.0. The molecule has 0 radical (unpaired) electrons. The third-order valence-electron chi connectivity index (χ3n) is 10.6. The third kappa shape index (κ3) is 3.79. The zero-order valence-electron chi connectivity index (χ0n) is 22.0. The predicted octanol–water partition coefficient (Wildman–Crippen LogP) is 5.33. The maximum Gasteiger partial charge on any atom is 0.338 e. The largest absolute Gasteiger partial charge is 0.497 e. The Balaban J connectivity index is 1.46. The van der Waals surface area contributed by atoms with Crippen molar-refractivity contribution in [2.75, 3.05) is 13.7 Å². The van der Waals surface area contributed by atoms with E-state index in [4.69, 9.17) is 14.2 Å². The van der Waals surface area contributed by atoms with E-state index in [-0.39, 0.29) is 35.3 Å². The van der Waals surface area contributed by atoms with E-state index in [9.17, 15) is 14.7 Å². The Morgan fingerprint density at radius 3 is 2.50 bits per heavy atom. The molecule has 36 heavy (non-hydrogen) atoms. The average Bonchev–Trinajstić information content (AvgIpc) is 3.11. The first kappa shape index (κ1) is 25.3. The minimum absolute atomic E-state index is 0.0350. The molecule has 0 heterocycles. The number of esters is 2. The zero-order chi connectivity index (χ0) is 25.9. The van der Waals surface area contributed by atoms with Gasteiger partial charge in [-0.2, -0.15) is 0 Å². The molecule has 196 valence electrons. The molecule has 1 aromatic rings. The molecule has 1 spiro atoms. The topological polar surface area (TPSA) is 82.1 Å². The van der Waals surface area contributed by atoms with Crippen LogP contribution in [0, 0.1) is 34.0 Å². The Morgan fingerprint density at radius 1 is 1.11 bits per heavy atom. The zero-order valence-corrected chi connectivity index (χ0v) is 22.0. The molecule has 6 heteroatoms. The maximum absolute atomic E-state index is 13.2. The summed E-state index contributed by atoms with van der Waals surface area (Å²) in [7, 11) is 1.59. The molecular formula is C30H40O6. The molecule has 2 bridgehead atoms. The van der Waals surface area contributed by atoms with Crippen LogP contribution in [0.25, 0.3) is 0 Å². The number of aliphatic hydroxyl groups excluding tert-OH is 1. The van der Waals surface area contributed by atoms with Crippen molar-refractivity contribution in [1.29, 1.82) is 0 Å². The molecule has 0 unspecified atom stereocenters. The monoisotopic (exact) mass is 496 g/mol. The summed E-state index contributed by atoms with van der Waals surface area (Å²) in [5.74, 6) is 0.913. The quantitative estimate of drug-likeness (QED) is 0.438. The summed E-state index contributed by atoms with van der Waals surface area (Å²) in [6.45, 7) is 10.4. The maximum atomic E-state index is 13.2. The molecule has 0 aliphatic heterocycles. The Hall–Kier alpha value is -2.34. The number of benzene rings is 1. The molecule has 4 saturated carbocycles. The molecule has 6 nitrogen and oxygen atoms in total. The van der Waals surface area contributed by atoms with Crippen LogP contribution in [0.4, 0.5) is 0 Å². The lowest BCUT2D eigenvalue weighted by Gasteiger charge is -2.66. The fourth-order valence-electron chi connectivity index (χ4n) is 8.85. The Bertz CT molecular complexity index is 1050. The van der Waals surface area contributed by atoms with Crippen LogP contribution in [-0.4, -0.2) is 43.0 Å². The van der Waals surface area contributed by atoms with Gasteiger partial charge < -0.3 is 19.3 Å². The highest BCUT2D eigenvalue weighted by Gasteiger charge is 2.68. The van der Waals surface area contributed by atoms with Crippen molar-refractivity contribution < 1.29 is 28.9 Å². The fraction of sp³-hybridized carbons (Fsp3) is 0.667.